The Kier molecular flexibility index (Phi) is 14.5. The Hall–Kier alpha value is -1.45. The molecule has 0 aromatic carbocycles. The van der Waals surface area contributed by atoms with Gasteiger partial charge in [-0.2, -0.15) is 0 Å². The van der Waals surface area contributed by atoms with E-state index in [4.69, 9.17) is 14.6 Å². The summed E-state index contributed by atoms with van der Waals surface area (Å²) in [6.45, 7) is 10.8. The summed E-state index contributed by atoms with van der Waals surface area (Å²) >= 11 is 0. The number of ether oxygens (including phenoxy) is 3. The van der Waals surface area contributed by atoms with E-state index in [9.17, 15) is 24.6 Å². The number of aliphatic hydroxyl groups is 3. The van der Waals surface area contributed by atoms with Crippen LogP contribution in [0.5, 0.6) is 0 Å². The van der Waals surface area contributed by atoms with Gasteiger partial charge in [0, 0.05) is 14.8 Å². The van der Waals surface area contributed by atoms with Crippen LogP contribution < -0.4 is 18.9 Å². The molecule has 2 aliphatic heterocycles. The molecule has 2 heterocycles. The van der Waals surface area contributed by atoms with Crippen molar-refractivity contribution in [2.24, 2.45) is 0 Å². The quantitative estimate of drug-likeness (QED) is 0.224. The number of carbonyl (C=O) groups is 3. The maximum atomic E-state index is 11.8. The largest absolute Gasteiger partial charge is 1.00 e. The van der Waals surface area contributed by atoms with Crippen LogP contribution in [0.25, 0.3) is 0 Å². The smallest absolute Gasteiger partial charge is 1.00 e. The van der Waals surface area contributed by atoms with E-state index in [2.05, 4.69) is 4.74 Å². The Morgan fingerprint density at radius 3 is 1.71 bits per heavy atom. The first kappa shape index (κ1) is 34.7. The number of methoxy groups -OCH3 is 1. The Bertz CT molecular complexity index is 676. The van der Waals surface area contributed by atoms with Crippen molar-refractivity contribution in [3.8, 4) is 0 Å². The molecule has 0 aromatic rings. The normalized spacial score (nSPS) is 24.2. The summed E-state index contributed by atoms with van der Waals surface area (Å²) in [6, 6.07) is -1.08. The Labute approximate surface area is 217 Å². The zero-order chi connectivity index (χ0) is 24.9. The molecule has 0 saturated carbocycles. The minimum Gasteiger partial charge on any atom is -1.00 e. The first-order valence-electron chi connectivity index (χ1n) is 10.6. The number of nitrogens with zero attached hydrogens (tertiary/aromatic N) is 2. The predicted molar refractivity (Wildman–Crippen MR) is 121 cm³/mol. The molecular weight excluding hydrogens is 442 g/mol. The van der Waals surface area contributed by atoms with Gasteiger partial charge in [0.2, 0.25) is 0 Å². The van der Waals surface area contributed by atoms with Crippen molar-refractivity contribution >= 4 is 26.6 Å². The van der Waals surface area contributed by atoms with Gasteiger partial charge in [0.15, 0.2) is 0 Å². The van der Waals surface area contributed by atoms with Gasteiger partial charge >= 0.3 is 37.0 Å². The van der Waals surface area contributed by atoms with Gasteiger partial charge in [-0.05, 0) is 48.0 Å². The molecule has 191 valence electrons. The van der Waals surface area contributed by atoms with Crippen LogP contribution >= 0.6 is 0 Å². The summed E-state index contributed by atoms with van der Waals surface area (Å²) in [4.78, 5) is 37.5. The Balaban J connectivity index is -0.000000542. The van der Waals surface area contributed by atoms with E-state index in [1.54, 1.807) is 41.5 Å². The molecule has 2 rings (SSSR count). The summed E-state index contributed by atoms with van der Waals surface area (Å²) < 4.78 is 14.9. The number of aliphatic hydroxyl groups excluding tert-OH is 3. The molecule has 0 bridgehead atoms. The van der Waals surface area contributed by atoms with Crippen molar-refractivity contribution in [2.45, 2.75) is 89.9 Å². The van der Waals surface area contributed by atoms with E-state index in [1.807, 2.05) is 0 Å². The molecule has 13 heteroatoms. The van der Waals surface area contributed by atoms with Crippen molar-refractivity contribution in [3.05, 3.63) is 0 Å². The number of hydrogen-bond acceptors (Lipinski definition) is 9. The van der Waals surface area contributed by atoms with Gasteiger partial charge < -0.3 is 35.9 Å². The van der Waals surface area contributed by atoms with Crippen LogP contribution in [0.3, 0.4) is 0 Å². The summed E-state index contributed by atoms with van der Waals surface area (Å²) in [5, 5.41) is 27.9. The van der Waals surface area contributed by atoms with Crippen molar-refractivity contribution in [3.63, 3.8) is 0 Å². The van der Waals surface area contributed by atoms with Gasteiger partial charge in [0.25, 0.3) is 0 Å². The molecule has 0 aliphatic carbocycles. The van der Waals surface area contributed by atoms with Gasteiger partial charge in [0.05, 0.1) is 45.1 Å². The van der Waals surface area contributed by atoms with Gasteiger partial charge in [0.1, 0.15) is 17.2 Å². The average molecular weight is 481 g/mol. The van der Waals surface area contributed by atoms with Crippen molar-refractivity contribution in [1.82, 2.24) is 9.80 Å². The molecule has 2 aliphatic rings. The molecule has 3 N–H and O–H groups in total. The second-order valence-corrected chi connectivity index (χ2v) is 9.92. The van der Waals surface area contributed by atoms with Crippen LogP contribution in [0.1, 0.15) is 55.8 Å². The summed E-state index contributed by atoms with van der Waals surface area (Å²) in [5.74, 6) is -0.535. The van der Waals surface area contributed by atoms with Crippen LogP contribution in [0, 0.1) is 0 Å². The first-order valence-corrected chi connectivity index (χ1v) is 10.6. The fourth-order valence-electron chi connectivity index (χ4n) is 3.30. The third-order valence-corrected chi connectivity index (χ3v) is 4.61. The second-order valence-electron chi connectivity index (χ2n) is 9.92. The number of likely N-dealkylation sites (tertiary alicyclic amines) is 2. The maximum Gasteiger partial charge on any atom is 1.00 e. The number of rotatable bonds is 2. The van der Waals surface area contributed by atoms with Crippen LogP contribution in [0.15, 0.2) is 0 Å². The Morgan fingerprint density at radius 1 is 0.882 bits per heavy atom. The van der Waals surface area contributed by atoms with Gasteiger partial charge in [-0.1, -0.05) is 0 Å². The van der Waals surface area contributed by atoms with Gasteiger partial charge in [-0.3, -0.25) is 4.90 Å². The van der Waals surface area contributed by atoms with Crippen LogP contribution in [0.4, 0.5) is 9.59 Å². The van der Waals surface area contributed by atoms with Crippen LogP contribution in [-0.4, -0.2) is 114 Å². The van der Waals surface area contributed by atoms with E-state index in [0.717, 1.165) is 0 Å². The van der Waals surface area contributed by atoms with Crippen molar-refractivity contribution in [2.75, 3.05) is 26.8 Å². The minimum absolute atomic E-state index is 0. The predicted octanol–water partition coefficient (Wildman–Crippen LogP) is -2.39. The van der Waals surface area contributed by atoms with Gasteiger partial charge in [-0.15, -0.1) is 0 Å². The molecule has 2 fully saturated rings. The Morgan fingerprint density at radius 2 is 1.29 bits per heavy atom. The third kappa shape index (κ3) is 11.3. The number of β-amino-alcohol motifs (C(OH)–C–C–N with tert-alkyl or cyclic N) is 2. The maximum absolute atomic E-state index is 11.8. The molecule has 34 heavy (non-hydrogen) atoms. The van der Waals surface area contributed by atoms with E-state index >= 15 is 0 Å². The zero-order valence-electron chi connectivity index (χ0n) is 22.6. The van der Waals surface area contributed by atoms with E-state index in [-0.39, 0.29) is 60.9 Å². The molecular formula is C21H39BLiN2O9. The second kappa shape index (κ2) is 14.2. The number of esters is 1. The molecule has 2 saturated heterocycles. The fraction of sp³-hybridized carbons (Fsp3) is 0.857. The van der Waals surface area contributed by atoms with Crippen LogP contribution in [-0.2, 0) is 19.0 Å². The molecule has 2 amide bonds. The number of hydrogen-bond donors (Lipinski definition) is 3. The standard InChI is InChI=1S/C11H19NO5.C10H19NO4.B.Li.H/c1-11(2,3)17-10(15)12-6-7(13)5-8(12)9(14)16-4;1-10(2,3)15-9(14)11-5-8(13)4-7(11)6-12;;;/h7-8,13H,5-6H2,1-4H3;7-8,12-13H,4-6H2,1-3H3;;;/q;;;+1;-1/t2*7-,8+;;;/m10.../s1. The SMILES string of the molecule is CC(C)(C)OC(=O)N1C[C@H](O)C[C@H]1CO.COC(=O)[C@@H]1C[C@@H](O)CN1C(=O)OC(C)(C)C.[B].[H-].[Li+]. The van der Waals surface area contributed by atoms with E-state index in [1.165, 1.54) is 16.9 Å². The van der Waals surface area contributed by atoms with Crippen molar-refractivity contribution in [1.29, 1.82) is 0 Å². The van der Waals surface area contributed by atoms with E-state index in [0.29, 0.717) is 6.42 Å². The molecule has 0 aromatic heterocycles. The molecule has 0 unspecified atom stereocenters. The van der Waals surface area contributed by atoms with Crippen LogP contribution in [0.2, 0.25) is 0 Å². The monoisotopic (exact) mass is 481 g/mol. The number of carbonyl (C=O) groups excluding carboxylic acids is 3. The first-order chi connectivity index (χ1) is 14.6. The number of amides is 2. The molecule has 4 atom stereocenters. The van der Waals surface area contributed by atoms with E-state index < -0.39 is 47.6 Å². The fourth-order valence-corrected chi connectivity index (χ4v) is 3.30. The molecule has 11 nitrogen and oxygen atoms in total. The summed E-state index contributed by atoms with van der Waals surface area (Å²) in [7, 11) is 1.25. The molecule has 0 spiro atoms. The summed E-state index contributed by atoms with van der Waals surface area (Å²) in [6.07, 6.45) is -1.76. The topological polar surface area (TPSA) is 146 Å². The molecule has 3 radical (unpaired) electrons. The van der Waals surface area contributed by atoms with Crippen molar-refractivity contribution < 1.29 is 64.2 Å². The van der Waals surface area contributed by atoms with Gasteiger partial charge in [-0.25, -0.2) is 14.4 Å². The summed E-state index contributed by atoms with van der Waals surface area (Å²) in [5.41, 5.74) is -1.18. The average Bonchev–Trinajstić information content (AvgIpc) is 3.21. The zero-order valence-corrected chi connectivity index (χ0v) is 21.6. The minimum atomic E-state index is -0.759. The third-order valence-electron chi connectivity index (χ3n) is 4.61.